The number of nitrogens with two attached hydrogens (primary N) is 1. The zero-order valence-corrected chi connectivity index (χ0v) is 8.62. The molecular formula is C10H16N4. The summed E-state index contributed by atoms with van der Waals surface area (Å²) in [7, 11) is 0. The maximum absolute atomic E-state index is 7.43. The monoisotopic (exact) mass is 192 g/mol. The minimum Gasteiger partial charge on any atom is -0.384 e. The minimum atomic E-state index is 0.0694. The first-order valence-electron chi connectivity index (χ1n) is 4.75. The fourth-order valence-electron chi connectivity index (χ4n) is 1.38. The molecule has 0 saturated heterocycles. The Morgan fingerprint density at radius 2 is 2.14 bits per heavy atom. The van der Waals surface area contributed by atoms with Crippen LogP contribution in [0.4, 0.5) is 5.82 Å². The molecule has 0 aliphatic heterocycles. The maximum atomic E-state index is 7.43. The molecule has 76 valence electrons. The van der Waals surface area contributed by atoms with Crippen molar-refractivity contribution in [1.29, 1.82) is 5.41 Å². The number of hydrogen-bond acceptors (Lipinski definition) is 3. The van der Waals surface area contributed by atoms with Crippen molar-refractivity contribution in [3.05, 3.63) is 23.9 Å². The van der Waals surface area contributed by atoms with Gasteiger partial charge in [0.25, 0.3) is 0 Å². The SMILES string of the molecule is CCN(CC)c1ncccc1C(=N)N. The Labute approximate surface area is 84.3 Å². The molecule has 0 aliphatic carbocycles. The lowest BCUT2D eigenvalue weighted by molar-refractivity contribution is 0.844. The summed E-state index contributed by atoms with van der Waals surface area (Å²) < 4.78 is 0. The molecule has 0 unspecified atom stereocenters. The number of nitrogen functional groups attached to an aromatic ring is 1. The van der Waals surface area contributed by atoms with E-state index >= 15 is 0 Å². The van der Waals surface area contributed by atoms with Crippen molar-refractivity contribution < 1.29 is 0 Å². The molecule has 0 radical (unpaired) electrons. The van der Waals surface area contributed by atoms with Crippen molar-refractivity contribution in [2.45, 2.75) is 13.8 Å². The third kappa shape index (κ3) is 2.02. The van der Waals surface area contributed by atoms with Crippen molar-refractivity contribution in [3.8, 4) is 0 Å². The first kappa shape index (κ1) is 10.5. The molecule has 0 bridgehead atoms. The fourth-order valence-corrected chi connectivity index (χ4v) is 1.38. The van der Waals surface area contributed by atoms with Gasteiger partial charge in [-0.1, -0.05) is 0 Å². The lowest BCUT2D eigenvalue weighted by Crippen LogP contribution is -2.26. The number of rotatable bonds is 4. The van der Waals surface area contributed by atoms with Gasteiger partial charge in [-0.3, -0.25) is 5.41 Å². The summed E-state index contributed by atoms with van der Waals surface area (Å²) >= 11 is 0. The zero-order valence-electron chi connectivity index (χ0n) is 8.62. The molecular weight excluding hydrogens is 176 g/mol. The first-order chi connectivity index (χ1) is 6.70. The molecule has 0 amide bonds. The molecule has 14 heavy (non-hydrogen) atoms. The molecule has 1 rings (SSSR count). The van der Waals surface area contributed by atoms with E-state index in [1.807, 2.05) is 6.07 Å². The molecule has 4 nitrogen and oxygen atoms in total. The van der Waals surface area contributed by atoms with E-state index in [1.54, 1.807) is 12.3 Å². The van der Waals surface area contributed by atoms with Crippen LogP contribution >= 0.6 is 0 Å². The fraction of sp³-hybridized carbons (Fsp3) is 0.400. The number of aromatic nitrogens is 1. The van der Waals surface area contributed by atoms with E-state index in [9.17, 15) is 0 Å². The van der Waals surface area contributed by atoms with E-state index in [1.165, 1.54) is 0 Å². The predicted molar refractivity (Wildman–Crippen MR) is 58.8 cm³/mol. The summed E-state index contributed by atoms with van der Waals surface area (Å²) in [6.45, 7) is 5.85. The van der Waals surface area contributed by atoms with Crippen LogP contribution in [0.1, 0.15) is 19.4 Å². The van der Waals surface area contributed by atoms with Crippen LogP contribution in [0.15, 0.2) is 18.3 Å². The highest BCUT2D eigenvalue weighted by Gasteiger charge is 2.10. The number of nitrogens with one attached hydrogen (secondary N) is 1. The molecule has 1 aromatic heterocycles. The molecule has 0 atom stereocenters. The van der Waals surface area contributed by atoms with Gasteiger partial charge in [-0.15, -0.1) is 0 Å². The Kier molecular flexibility index (Phi) is 3.45. The number of nitrogens with zero attached hydrogens (tertiary/aromatic N) is 2. The molecule has 0 spiro atoms. The maximum Gasteiger partial charge on any atom is 0.139 e. The van der Waals surface area contributed by atoms with Gasteiger partial charge >= 0.3 is 0 Å². The lowest BCUT2D eigenvalue weighted by atomic mass is 10.2. The van der Waals surface area contributed by atoms with Crippen molar-refractivity contribution in [2.75, 3.05) is 18.0 Å². The normalized spacial score (nSPS) is 9.86. The standard InChI is InChI=1S/C10H16N4/c1-3-14(4-2)10-8(9(11)12)6-5-7-13-10/h5-7H,3-4H2,1-2H3,(H3,11,12). The molecule has 0 aromatic carbocycles. The lowest BCUT2D eigenvalue weighted by Gasteiger charge is -2.21. The van der Waals surface area contributed by atoms with Gasteiger partial charge in [-0.25, -0.2) is 4.98 Å². The van der Waals surface area contributed by atoms with E-state index in [0.29, 0.717) is 5.56 Å². The second-order valence-electron chi connectivity index (χ2n) is 2.96. The second-order valence-corrected chi connectivity index (χ2v) is 2.96. The number of pyridine rings is 1. The number of amidine groups is 1. The summed E-state index contributed by atoms with van der Waals surface area (Å²) in [6, 6.07) is 3.62. The Balaban J connectivity index is 3.11. The summed E-state index contributed by atoms with van der Waals surface area (Å²) in [5, 5.41) is 7.43. The van der Waals surface area contributed by atoms with Gasteiger partial charge in [0.15, 0.2) is 0 Å². The van der Waals surface area contributed by atoms with Gasteiger partial charge in [0, 0.05) is 19.3 Å². The third-order valence-corrected chi connectivity index (χ3v) is 2.14. The second kappa shape index (κ2) is 4.60. The summed E-state index contributed by atoms with van der Waals surface area (Å²) in [6.07, 6.45) is 1.72. The number of anilines is 1. The molecule has 1 aromatic rings. The van der Waals surface area contributed by atoms with Gasteiger partial charge < -0.3 is 10.6 Å². The van der Waals surface area contributed by atoms with E-state index in [4.69, 9.17) is 11.1 Å². The van der Waals surface area contributed by atoms with Gasteiger partial charge in [0.1, 0.15) is 11.7 Å². The highest BCUT2D eigenvalue weighted by molar-refractivity contribution is 5.99. The Hall–Kier alpha value is -1.58. The summed E-state index contributed by atoms with van der Waals surface area (Å²) in [5.41, 5.74) is 6.18. The van der Waals surface area contributed by atoms with Crippen molar-refractivity contribution in [2.24, 2.45) is 5.73 Å². The van der Waals surface area contributed by atoms with Crippen LogP contribution in [0, 0.1) is 5.41 Å². The van der Waals surface area contributed by atoms with Crippen LogP contribution in [0.2, 0.25) is 0 Å². The van der Waals surface area contributed by atoms with Crippen LogP contribution < -0.4 is 10.6 Å². The van der Waals surface area contributed by atoms with Crippen LogP contribution in [0.25, 0.3) is 0 Å². The average molecular weight is 192 g/mol. The molecule has 3 N–H and O–H groups in total. The van der Waals surface area contributed by atoms with Crippen LogP contribution in [-0.4, -0.2) is 23.9 Å². The molecule has 0 saturated carbocycles. The average Bonchev–Trinajstić information content (AvgIpc) is 2.20. The van der Waals surface area contributed by atoms with Gasteiger partial charge in [0.05, 0.1) is 5.56 Å². The highest BCUT2D eigenvalue weighted by Crippen LogP contribution is 2.15. The quantitative estimate of drug-likeness (QED) is 0.556. The van der Waals surface area contributed by atoms with Gasteiger partial charge in [-0.2, -0.15) is 0 Å². The van der Waals surface area contributed by atoms with E-state index in [-0.39, 0.29) is 5.84 Å². The highest BCUT2D eigenvalue weighted by atomic mass is 15.2. The molecule has 1 heterocycles. The van der Waals surface area contributed by atoms with E-state index in [2.05, 4.69) is 23.7 Å². The molecule has 0 fully saturated rings. The van der Waals surface area contributed by atoms with Crippen LogP contribution in [-0.2, 0) is 0 Å². The van der Waals surface area contributed by atoms with Crippen LogP contribution in [0.5, 0.6) is 0 Å². The topological polar surface area (TPSA) is 66.0 Å². The van der Waals surface area contributed by atoms with Crippen molar-refractivity contribution in [3.63, 3.8) is 0 Å². The van der Waals surface area contributed by atoms with E-state index in [0.717, 1.165) is 18.9 Å². The third-order valence-electron chi connectivity index (χ3n) is 2.14. The Morgan fingerprint density at radius 3 is 2.64 bits per heavy atom. The van der Waals surface area contributed by atoms with Crippen molar-refractivity contribution >= 4 is 11.7 Å². The smallest absolute Gasteiger partial charge is 0.139 e. The van der Waals surface area contributed by atoms with E-state index < -0.39 is 0 Å². The molecule has 4 heteroatoms. The van der Waals surface area contributed by atoms with Gasteiger partial charge in [0.2, 0.25) is 0 Å². The van der Waals surface area contributed by atoms with Crippen molar-refractivity contribution in [1.82, 2.24) is 4.98 Å². The number of hydrogen-bond donors (Lipinski definition) is 2. The Bertz CT molecular complexity index is 318. The Morgan fingerprint density at radius 1 is 1.50 bits per heavy atom. The predicted octanol–water partition coefficient (Wildman–Crippen LogP) is 1.21. The summed E-state index contributed by atoms with van der Waals surface area (Å²) in [5.74, 6) is 0.866. The summed E-state index contributed by atoms with van der Waals surface area (Å²) in [4.78, 5) is 6.33. The molecule has 0 aliphatic rings. The van der Waals surface area contributed by atoms with Crippen LogP contribution in [0.3, 0.4) is 0 Å². The minimum absolute atomic E-state index is 0.0694. The zero-order chi connectivity index (χ0) is 10.6. The first-order valence-corrected chi connectivity index (χ1v) is 4.75. The largest absolute Gasteiger partial charge is 0.384 e. The van der Waals surface area contributed by atoms with Gasteiger partial charge in [-0.05, 0) is 26.0 Å².